The molecule has 3 aromatic rings. The zero-order valence-electron chi connectivity index (χ0n) is 15.1. The average Bonchev–Trinajstić information content (AvgIpc) is 2.69. The molecule has 0 fully saturated rings. The molecule has 2 N–H and O–H groups in total. The fourth-order valence-electron chi connectivity index (χ4n) is 2.55. The Bertz CT molecular complexity index is 1030. The molecule has 3 rings (SSSR count). The zero-order valence-corrected chi connectivity index (χ0v) is 15.9. The lowest BCUT2D eigenvalue weighted by atomic mass is 10.1. The normalized spacial score (nSPS) is 10.6. The molecule has 3 aromatic carbocycles. The van der Waals surface area contributed by atoms with Crippen LogP contribution in [0.25, 0.3) is 0 Å². The van der Waals surface area contributed by atoms with E-state index in [2.05, 4.69) is 15.8 Å². The molecule has 2 amide bonds. The number of hydrazone groups is 1. The predicted octanol–water partition coefficient (Wildman–Crippen LogP) is 4.66. The summed E-state index contributed by atoms with van der Waals surface area (Å²) in [5.41, 5.74) is 5.78. The first-order valence-electron chi connectivity index (χ1n) is 8.59. The summed E-state index contributed by atoms with van der Waals surface area (Å²) in [7, 11) is 0. The number of rotatable bonds is 5. The van der Waals surface area contributed by atoms with Gasteiger partial charge in [0, 0.05) is 21.8 Å². The van der Waals surface area contributed by atoms with E-state index in [4.69, 9.17) is 11.6 Å². The molecule has 0 saturated heterocycles. The van der Waals surface area contributed by atoms with Gasteiger partial charge in [-0.15, -0.1) is 0 Å². The Balaban J connectivity index is 1.60. The van der Waals surface area contributed by atoms with Crippen molar-refractivity contribution in [3.05, 3.63) is 100 Å². The maximum absolute atomic E-state index is 12.3. The maximum atomic E-state index is 12.3. The third-order valence-electron chi connectivity index (χ3n) is 4.02. The second kappa shape index (κ2) is 8.97. The minimum Gasteiger partial charge on any atom is -0.322 e. The molecular weight excluding hydrogens is 374 g/mol. The summed E-state index contributed by atoms with van der Waals surface area (Å²) in [5.74, 6) is -0.545. The molecule has 0 aliphatic heterocycles. The van der Waals surface area contributed by atoms with Crippen molar-refractivity contribution in [1.82, 2.24) is 5.43 Å². The maximum Gasteiger partial charge on any atom is 0.271 e. The highest BCUT2D eigenvalue weighted by Gasteiger charge is 2.09. The van der Waals surface area contributed by atoms with Gasteiger partial charge in [0.2, 0.25) is 0 Å². The third-order valence-corrected chi connectivity index (χ3v) is 4.26. The van der Waals surface area contributed by atoms with E-state index in [1.165, 1.54) is 6.21 Å². The lowest BCUT2D eigenvalue weighted by Gasteiger charge is -2.08. The number of halogens is 1. The Hall–Kier alpha value is -3.44. The molecule has 0 spiro atoms. The number of nitrogens with zero attached hydrogens (tertiary/aromatic N) is 1. The van der Waals surface area contributed by atoms with Crippen LogP contribution in [0, 0.1) is 6.92 Å². The molecular formula is C22H18ClN3O2. The summed E-state index contributed by atoms with van der Waals surface area (Å²) in [4.78, 5) is 24.5. The largest absolute Gasteiger partial charge is 0.322 e. The summed E-state index contributed by atoms with van der Waals surface area (Å²) in [5, 5.41) is 7.34. The van der Waals surface area contributed by atoms with Crippen LogP contribution < -0.4 is 10.7 Å². The van der Waals surface area contributed by atoms with Crippen molar-refractivity contribution in [2.45, 2.75) is 6.92 Å². The van der Waals surface area contributed by atoms with Crippen molar-refractivity contribution < 1.29 is 9.59 Å². The van der Waals surface area contributed by atoms with Crippen LogP contribution in [0.3, 0.4) is 0 Å². The van der Waals surface area contributed by atoms with Gasteiger partial charge in [-0.2, -0.15) is 5.10 Å². The van der Waals surface area contributed by atoms with Crippen molar-refractivity contribution in [2.75, 3.05) is 5.32 Å². The van der Waals surface area contributed by atoms with Gasteiger partial charge >= 0.3 is 0 Å². The van der Waals surface area contributed by atoms with E-state index in [1.54, 1.807) is 48.5 Å². The predicted molar refractivity (Wildman–Crippen MR) is 112 cm³/mol. The van der Waals surface area contributed by atoms with E-state index in [9.17, 15) is 9.59 Å². The molecule has 6 heteroatoms. The molecule has 5 nitrogen and oxygen atoms in total. The van der Waals surface area contributed by atoms with E-state index in [0.29, 0.717) is 21.8 Å². The number of carbonyl (C=O) groups excluding carboxylic acids is 2. The third kappa shape index (κ3) is 5.05. The van der Waals surface area contributed by atoms with Crippen LogP contribution in [-0.4, -0.2) is 18.0 Å². The van der Waals surface area contributed by atoms with Crippen LogP contribution in [0.15, 0.2) is 77.9 Å². The fourth-order valence-corrected chi connectivity index (χ4v) is 2.75. The van der Waals surface area contributed by atoms with Gasteiger partial charge in [0.15, 0.2) is 0 Å². The molecule has 140 valence electrons. The Kier molecular flexibility index (Phi) is 6.19. The van der Waals surface area contributed by atoms with E-state index in [1.807, 2.05) is 31.2 Å². The number of hydrogen-bond donors (Lipinski definition) is 2. The number of nitrogens with one attached hydrogen (secondary N) is 2. The highest BCUT2D eigenvalue weighted by molar-refractivity contribution is 6.30. The highest BCUT2D eigenvalue weighted by Crippen LogP contribution is 2.14. The Morgan fingerprint density at radius 1 is 0.929 bits per heavy atom. The SMILES string of the molecule is Cc1ccccc1C(=O)Nc1ccc(C(=O)N/N=C/c2cccc(Cl)c2)cc1. The minimum atomic E-state index is -0.352. The van der Waals surface area contributed by atoms with Crippen LogP contribution >= 0.6 is 11.6 Å². The molecule has 0 aliphatic carbocycles. The molecule has 0 aliphatic rings. The topological polar surface area (TPSA) is 70.6 Å². The van der Waals surface area contributed by atoms with Crippen LogP contribution in [0.5, 0.6) is 0 Å². The Morgan fingerprint density at radius 3 is 2.39 bits per heavy atom. The van der Waals surface area contributed by atoms with Gasteiger partial charge in [-0.3, -0.25) is 9.59 Å². The van der Waals surface area contributed by atoms with Crippen LogP contribution in [-0.2, 0) is 0 Å². The molecule has 0 radical (unpaired) electrons. The Morgan fingerprint density at radius 2 is 1.68 bits per heavy atom. The second-order valence-electron chi connectivity index (χ2n) is 6.10. The lowest BCUT2D eigenvalue weighted by molar-refractivity contribution is 0.0954. The second-order valence-corrected chi connectivity index (χ2v) is 6.54. The lowest BCUT2D eigenvalue weighted by Crippen LogP contribution is -2.18. The van der Waals surface area contributed by atoms with E-state index < -0.39 is 0 Å². The summed E-state index contributed by atoms with van der Waals surface area (Å²) >= 11 is 5.90. The monoisotopic (exact) mass is 391 g/mol. The van der Waals surface area contributed by atoms with Gasteiger partial charge in [-0.25, -0.2) is 5.43 Å². The van der Waals surface area contributed by atoms with Crippen LogP contribution in [0.2, 0.25) is 5.02 Å². The van der Waals surface area contributed by atoms with Crippen molar-refractivity contribution >= 4 is 35.3 Å². The fraction of sp³-hybridized carbons (Fsp3) is 0.0455. The molecule has 0 aromatic heterocycles. The summed E-state index contributed by atoms with van der Waals surface area (Å²) < 4.78 is 0. The Labute approximate surface area is 168 Å². The first kappa shape index (κ1) is 19.3. The van der Waals surface area contributed by atoms with Gasteiger partial charge in [0.1, 0.15) is 0 Å². The number of anilines is 1. The summed E-state index contributed by atoms with van der Waals surface area (Å²) in [6.07, 6.45) is 1.51. The van der Waals surface area contributed by atoms with Gasteiger partial charge in [0.05, 0.1) is 6.21 Å². The van der Waals surface area contributed by atoms with Crippen LogP contribution in [0.1, 0.15) is 31.8 Å². The van der Waals surface area contributed by atoms with Gasteiger partial charge in [-0.05, 0) is 60.5 Å². The van der Waals surface area contributed by atoms with Crippen molar-refractivity contribution in [2.24, 2.45) is 5.10 Å². The first-order chi connectivity index (χ1) is 13.5. The highest BCUT2D eigenvalue weighted by atomic mass is 35.5. The number of carbonyl (C=O) groups is 2. The van der Waals surface area contributed by atoms with Gasteiger partial charge in [0.25, 0.3) is 11.8 Å². The molecule has 0 atom stereocenters. The number of aryl methyl sites for hydroxylation is 1. The average molecular weight is 392 g/mol. The summed E-state index contributed by atoms with van der Waals surface area (Å²) in [6.45, 7) is 1.88. The standard InChI is InChI=1S/C22H18ClN3O2/c1-15-5-2-3-8-20(15)22(28)25-19-11-9-17(10-12-19)21(27)26-24-14-16-6-4-7-18(23)13-16/h2-14H,1H3,(H,25,28)(H,26,27)/b24-14+. The van der Waals surface area contributed by atoms with Crippen LogP contribution in [0.4, 0.5) is 5.69 Å². The molecule has 0 heterocycles. The van der Waals surface area contributed by atoms with Gasteiger partial charge < -0.3 is 5.32 Å². The molecule has 0 saturated carbocycles. The molecule has 28 heavy (non-hydrogen) atoms. The van der Waals surface area contributed by atoms with Crippen molar-refractivity contribution in [1.29, 1.82) is 0 Å². The van der Waals surface area contributed by atoms with Crippen molar-refractivity contribution in [3.63, 3.8) is 0 Å². The zero-order chi connectivity index (χ0) is 19.9. The van der Waals surface area contributed by atoms with Gasteiger partial charge in [-0.1, -0.05) is 41.9 Å². The van der Waals surface area contributed by atoms with Crippen molar-refractivity contribution in [3.8, 4) is 0 Å². The number of hydrogen-bond acceptors (Lipinski definition) is 3. The number of benzene rings is 3. The van der Waals surface area contributed by atoms with E-state index in [0.717, 1.165) is 11.1 Å². The molecule has 0 unspecified atom stereocenters. The van der Waals surface area contributed by atoms with E-state index in [-0.39, 0.29) is 11.8 Å². The quantitative estimate of drug-likeness (QED) is 0.490. The minimum absolute atomic E-state index is 0.193. The first-order valence-corrected chi connectivity index (χ1v) is 8.97. The molecule has 0 bridgehead atoms. The number of amides is 2. The summed E-state index contributed by atoms with van der Waals surface area (Å²) in [6, 6.07) is 21.1. The smallest absolute Gasteiger partial charge is 0.271 e. The van der Waals surface area contributed by atoms with E-state index >= 15 is 0 Å².